The fourth-order valence-electron chi connectivity index (χ4n) is 4.55. The number of aryl methyl sites for hydroxylation is 3. The summed E-state index contributed by atoms with van der Waals surface area (Å²) >= 11 is 7.51. The van der Waals surface area contributed by atoms with E-state index in [4.69, 9.17) is 11.6 Å². The van der Waals surface area contributed by atoms with Crippen LogP contribution in [0, 0.1) is 6.92 Å². The zero-order chi connectivity index (χ0) is 23.8. The van der Waals surface area contributed by atoms with E-state index < -0.39 is 5.69 Å². The van der Waals surface area contributed by atoms with Gasteiger partial charge in [-0.05, 0) is 74.1 Å². The van der Waals surface area contributed by atoms with Gasteiger partial charge in [0.2, 0.25) is 5.91 Å². The van der Waals surface area contributed by atoms with Gasteiger partial charge in [0.25, 0.3) is 5.56 Å². The highest BCUT2D eigenvalue weighted by Crippen LogP contribution is 2.33. The lowest BCUT2D eigenvalue weighted by Gasteiger charge is -2.13. The van der Waals surface area contributed by atoms with Gasteiger partial charge in [0, 0.05) is 15.6 Å². The minimum absolute atomic E-state index is 0.184. The highest BCUT2D eigenvalue weighted by atomic mass is 35.5. The van der Waals surface area contributed by atoms with E-state index in [1.807, 2.05) is 31.2 Å². The van der Waals surface area contributed by atoms with E-state index in [9.17, 15) is 14.4 Å². The van der Waals surface area contributed by atoms with E-state index in [0.717, 1.165) is 52.7 Å². The molecule has 0 aliphatic heterocycles. The number of fused-ring (bicyclic) bond motifs is 3. The highest BCUT2D eigenvalue weighted by Gasteiger charge is 2.24. The van der Waals surface area contributed by atoms with Crippen molar-refractivity contribution in [1.82, 2.24) is 9.13 Å². The van der Waals surface area contributed by atoms with Crippen molar-refractivity contribution in [3.8, 4) is 5.69 Å². The number of anilines is 1. The molecule has 0 radical (unpaired) electrons. The summed E-state index contributed by atoms with van der Waals surface area (Å²) < 4.78 is 2.61. The predicted molar refractivity (Wildman–Crippen MR) is 138 cm³/mol. The third-order valence-corrected chi connectivity index (χ3v) is 7.86. The van der Waals surface area contributed by atoms with Crippen LogP contribution in [0.25, 0.3) is 15.9 Å². The molecule has 0 bridgehead atoms. The van der Waals surface area contributed by atoms with Crippen molar-refractivity contribution in [2.75, 3.05) is 5.32 Å². The van der Waals surface area contributed by atoms with Crippen molar-refractivity contribution in [1.29, 1.82) is 0 Å². The molecule has 2 heterocycles. The van der Waals surface area contributed by atoms with E-state index in [2.05, 4.69) is 5.32 Å². The van der Waals surface area contributed by atoms with Gasteiger partial charge in [-0.2, -0.15) is 0 Å². The van der Waals surface area contributed by atoms with Crippen LogP contribution in [0.3, 0.4) is 0 Å². The predicted octanol–water partition coefficient (Wildman–Crippen LogP) is 5.08. The summed E-state index contributed by atoms with van der Waals surface area (Å²) in [5.74, 6) is -0.317. The molecule has 0 spiro atoms. The van der Waals surface area contributed by atoms with Crippen molar-refractivity contribution < 1.29 is 4.79 Å². The van der Waals surface area contributed by atoms with Gasteiger partial charge in [0.05, 0.1) is 11.1 Å². The largest absolute Gasteiger partial charge is 0.337 e. The molecule has 8 heteroatoms. The average Bonchev–Trinajstić information content (AvgIpc) is 3.02. The Bertz CT molecular complexity index is 1520. The molecule has 0 unspecified atom stereocenters. The Morgan fingerprint density at radius 1 is 1.03 bits per heavy atom. The Kier molecular flexibility index (Phi) is 6.15. The van der Waals surface area contributed by atoms with Crippen LogP contribution in [0.1, 0.15) is 35.3 Å². The molecule has 0 saturated carbocycles. The molecule has 174 valence electrons. The maximum absolute atomic E-state index is 13.7. The van der Waals surface area contributed by atoms with Gasteiger partial charge >= 0.3 is 5.69 Å². The average molecular weight is 494 g/mol. The third kappa shape index (κ3) is 4.10. The minimum atomic E-state index is -0.531. The van der Waals surface area contributed by atoms with Gasteiger partial charge in [0.15, 0.2) is 0 Å². The third-order valence-electron chi connectivity index (χ3n) is 6.29. The number of hydrogen-bond acceptors (Lipinski definition) is 4. The lowest BCUT2D eigenvalue weighted by atomic mass is 10.1. The van der Waals surface area contributed by atoms with Crippen molar-refractivity contribution in [3.63, 3.8) is 0 Å². The van der Waals surface area contributed by atoms with E-state index in [0.29, 0.717) is 26.6 Å². The first-order valence-corrected chi connectivity index (χ1v) is 12.5. The Balaban J connectivity index is 1.69. The number of thiophene rings is 1. The number of amides is 1. The van der Waals surface area contributed by atoms with E-state index in [1.165, 1.54) is 15.9 Å². The summed E-state index contributed by atoms with van der Waals surface area (Å²) in [5, 5.41) is 3.97. The molecule has 0 fully saturated rings. The second-order valence-corrected chi connectivity index (χ2v) is 10.1. The zero-order valence-electron chi connectivity index (χ0n) is 18.8. The molecule has 2 aromatic carbocycles. The van der Waals surface area contributed by atoms with Crippen molar-refractivity contribution in [2.45, 2.75) is 45.6 Å². The Morgan fingerprint density at radius 2 is 1.76 bits per heavy atom. The normalized spacial score (nSPS) is 13.5. The number of nitrogens with one attached hydrogen (secondary N) is 1. The lowest BCUT2D eigenvalue weighted by molar-refractivity contribution is -0.116. The van der Waals surface area contributed by atoms with Gasteiger partial charge in [-0.15, -0.1) is 11.3 Å². The second-order valence-electron chi connectivity index (χ2n) is 8.59. The molecule has 1 aliphatic carbocycles. The van der Waals surface area contributed by atoms with Crippen molar-refractivity contribution >= 4 is 44.7 Å². The first kappa shape index (κ1) is 22.6. The van der Waals surface area contributed by atoms with Crippen LogP contribution in [0.4, 0.5) is 5.69 Å². The fourth-order valence-corrected chi connectivity index (χ4v) is 6.05. The second kappa shape index (κ2) is 9.24. The van der Waals surface area contributed by atoms with Crippen LogP contribution >= 0.6 is 22.9 Å². The smallest absolute Gasteiger partial charge is 0.324 e. The van der Waals surface area contributed by atoms with E-state index in [-0.39, 0.29) is 18.0 Å². The number of halogens is 1. The first-order valence-electron chi connectivity index (χ1n) is 11.4. The number of carbonyl (C=O) groups excluding carboxylic acids is 1. The number of benzene rings is 2. The Labute approximate surface area is 205 Å². The molecule has 5 rings (SSSR count). The molecule has 4 aromatic rings. The zero-order valence-corrected chi connectivity index (χ0v) is 20.3. The summed E-state index contributed by atoms with van der Waals surface area (Å²) in [6.45, 7) is 1.73. The van der Waals surface area contributed by atoms with Crippen LogP contribution in [-0.4, -0.2) is 15.0 Å². The maximum Gasteiger partial charge on any atom is 0.337 e. The summed E-state index contributed by atoms with van der Waals surface area (Å²) in [6, 6.07) is 14.1. The van der Waals surface area contributed by atoms with Crippen LogP contribution in [0.5, 0.6) is 0 Å². The van der Waals surface area contributed by atoms with Gasteiger partial charge in [0.1, 0.15) is 11.4 Å². The molecule has 2 aromatic heterocycles. The van der Waals surface area contributed by atoms with Crippen LogP contribution in [0.15, 0.2) is 58.1 Å². The minimum Gasteiger partial charge on any atom is -0.324 e. The van der Waals surface area contributed by atoms with Gasteiger partial charge in [-0.1, -0.05) is 36.2 Å². The maximum atomic E-state index is 13.7. The number of aromatic nitrogens is 2. The molecule has 0 atom stereocenters. The molecular weight excluding hydrogens is 470 g/mol. The topological polar surface area (TPSA) is 73.1 Å². The van der Waals surface area contributed by atoms with Crippen LogP contribution in [-0.2, 0) is 24.2 Å². The monoisotopic (exact) mass is 493 g/mol. The van der Waals surface area contributed by atoms with Gasteiger partial charge in [-0.25, -0.2) is 9.36 Å². The standard InChI is InChI=1S/C26H24ClN3O3S/c1-16-7-5-6-9-20(16)28-22(31)15-29-25-23(19-8-3-2-4-10-21(19)34-25)24(32)30(26(29)33)18-13-11-17(27)12-14-18/h5-7,9,11-14H,2-4,8,10,15H2,1H3,(H,28,31). The first-order chi connectivity index (χ1) is 16.4. The van der Waals surface area contributed by atoms with E-state index in [1.54, 1.807) is 24.3 Å². The lowest BCUT2D eigenvalue weighted by Crippen LogP contribution is -2.40. The SMILES string of the molecule is Cc1ccccc1NC(=O)Cn1c(=O)n(-c2ccc(Cl)cc2)c(=O)c2c3c(sc21)CCCCC3. The molecule has 1 aliphatic rings. The highest BCUT2D eigenvalue weighted by molar-refractivity contribution is 7.18. The van der Waals surface area contributed by atoms with Crippen molar-refractivity contribution in [2.24, 2.45) is 0 Å². The number of carbonyl (C=O) groups is 1. The fraction of sp³-hybridized carbons (Fsp3) is 0.269. The molecular formula is C26H24ClN3O3S. The number of hydrogen-bond donors (Lipinski definition) is 1. The summed E-state index contributed by atoms with van der Waals surface area (Å²) in [7, 11) is 0. The van der Waals surface area contributed by atoms with Crippen molar-refractivity contribution in [3.05, 3.63) is 90.4 Å². The molecule has 1 amide bonds. The summed E-state index contributed by atoms with van der Waals surface area (Å²) in [4.78, 5) is 42.1. The molecule has 0 saturated heterocycles. The quantitative estimate of drug-likeness (QED) is 0.403. The van der Waals surface area contributed by atoms with Crippen LogP contribution < -0.4 is 16.6 Å². The van der Waals surface area contributed by atoms with E-state index >= 15 is 0 Å². The molecule has 6 nitrogen and oxygen atoms in total. The Morgan fingerprint density at radius 3 is 2.53 bits per heavy atom. The number of para-hydroxylation sites is 1. The van der Waals surface area contributed by atoms with Gasteiger partial charge in [-0.3, -0.25) is 14.2 Å². The molecule has 34 heavy (non-hydrogen) atoms. The van der Waals surface area contributed by atoms with Crippen LogP contribution in [0.2, 0.25) is 5.02 Å². The number of rotatable bonds is 4. The van der Waals surface area contributed by atoms with Gasteiger partial charge < -0.3 is 5.32 Å². The number of nitrogens with zero attached hydrogens (tertiary/aromatic N) is 2. The summed E-state index contributed by atoms with van der Waals surface area (Å²) in [5.41, 5.74) is 2.22. The summed E-state index contributed by atoms with van der Waals surface area (Å²) in [6.07, 6.45) is 4.87. The Hall–Kier alpha value is -3.16. The molecule has 1 N–H and O–H groups in total.